The molecule has 4 aromatic rings. The quantitative estimate of drug-likeness (QED) is 0.215. The third-order valence-corrected chi connectivity index (χ3v) is 7.03. The van der Waals surface area contributed by atoms with E-state index in [1.54, 1.807) is 54.6 Å². The molecule has 0 spiro atoms. The number of carbonyl (C=O) groups is 2. The van der Waals surface area contributed by atoms with Crippen LogP contribution >= 0.6 is 0 Å². The summed E-state index contributed by atoms with van der Waals surface area (Å²) in [5.74, 6) is 0.725. The van der Waals surface area contributed by atoms with Crippen molar-refractivity contribution in [1.82, 2.24) is 0 Å². The Bertz CT molecular complexity index is 1800. The highest BCUT2D eigenvalue weighted by Gasteiger charge is 2.39. The lowest BCUT2D eigenvalue weighted by molar-refractivity contribution is -0.135. The highest BCUT2D eigenvalue weighted by molar-refractivity contribution is 6.15. The number of hydrogen-bond donors (Lipinski definition) is 0. The molecule has 0 aliphatic carbocycles. The van der Waals surface area contributed by atoms with E-state index in [4.69, 9.17) is 28.1 Å². The van der Waals surface area contributed by atoms with Gasteiger partial charge in [-0.25, -0.2) is 0 Å². The van der Waals surface area contributed by atoms with Crippen molar-refractivity contribution >= 4 is 28.8 Å². The van der Waals surface area contributed by atoms with Crippen LogP contribution in [0.4, 0.5) is 0 Å². The number of Topliss-reactive ketones (excluding diaryl/α,β-unsaturated/α-hetero) is 1. The average Bonchev–Trinajstić information content (AvgIpc) is 3.27. The van der Waals surface area contributed by atoms with E-state index in [-0.39, 0.29) is 40.5 Å². The number of rotatable bonds is 3. The molecule has 0 fully saturated rings. The van der Waals surface area contributed by atoms with E-state index in [1.807, 2.05) is 0 Å². The molecule has 0 amide bonds. The second-order valence-corrected chi connectivity index (χ2v) is 9.31. The Balaban J connectivity index is 1.33. The highest BCUT2D eigenvalue weighted by atomic mass is 16.6. The Morgan fingerprint density at radius 2 is 1.72 bits per heavy atom. The van der Waals surface area contributed by atoms with Gasteiger partial charge in [-0.05, 0) is 54.1 Å². The first-order valence-corrected chi connectivity index (χ1v) is 12.3. The number of esters is 1. The SMILES string of the molecule is COc1ccc2occ(C3CC(=O)Oc4ccc5c(c43)OC(=Cc3ccc4c(c3)OCCO4)C5=O)c(=O)c2c1. The summed E-state index contributed by atoms with van der Waals surface area (Å²) in [6.07, 6.45) is 2.85. The van der Waals surface area contributed by atoms with Crippen LogP contribution in [0.15, 0.2) is 69.8 Å². The number of ketones is 1. The van der Waals surface area contributed by atoms with Crippen molar-refractivity contribution in [2.45, 2.75) is 12.3 Å². The number of benzene rings is 3. The van der Waals surface area contributed by atoms with E-state index in [9.17, 15) is 14.4 Å². The normalized spacial score (nSPS) is 18.4. The summed E-state index contributed by atoms with van der Waals surface area (Å²) in [6, 6.07) is 13.4. The molecule has 4 heterocycles. The van der Waals surface area contributed by atoms with E-state index in [0.717, 1.165) is 0 Å². The number of hydrogen-bond acceptors (Lipinski definition) is 9. The lowest BCUT2D eigenvalue weighted by Crippen LogP contribution is -2.25. The first kappa shape index (κ1) is 23.1. The summed E-state index contributed by atoms with van der Waals surface area (Å²) >= 11 is 0. The van der Waals surface area contributed by atoms with E-state index >= 15 is 0 Å². The monoisotopic (exact) mass is 524 g/mol. The zero-order chi connectivity index (χ0) is 26.7. The minimum atomic E-state index is -0.746. The molecule has 3 aliphatic heterocycles. The Morgan fingerprint density at radius 1 is 0.897 bits per heavy atom. The van der Waals surface area contributed by atoms with Crippen LogP contribution in [0.1, 0.15) is 39.4 Å². The summed E-state index contributed by atoms with van der Waals surface area (Å²) in [4.78, 5) is 39.5. The predicted molar refractivity (Wildman–Crippen MR) is 138 cm³/mol. The third-order valence-electron chi connectivity index (χ3n) is 7.03. The van der Waals surface area contributed by atoms with Crippen LogP contribution in [-0.2, 0) is 4.79 Å². The van der Waals surface area contributed by atoms with Crippen molar-refractivity contribution in [3.8, 4) is 28.7 Å². The smallest absolute Gasteiger partial charge is 0.312 e. The summed E-state index contributed by atoms with van der Waals surface area (Å²) in [7, 11) is 1.51. The molecule has 1 aromatic heterocycles. The van der Waals surface area contributed by atoms with Gasteiger partial charge in [0.2, 0.25) is 5.78 Å². The van der Waals surface area contributed by atoms with Crippen LogP contribution in [0.3, 0.4) is 0 Å². The van der Waals surface area contributed by atoms with Crippen molar-refractivity contribution < 1.29 is 37.7 Å². The Labute approximate surface area is 221 Å². The van der Waals surface area contributed by atoms with Gasteiger partial charge in [0.05, 0.1) is 30.7 Å². The molecule has 0 bridgehead atoms. The maximum Gasteiger partial charge on any atom is 0.312 e. The molecular weight excluding hydrogens is 504 g/mol. The fourth-order valence-corrected chi connectivity index (χ4v) is 5.17. The molecule has 0 radical (unpaired) electrons. The second kappa shape index (κ2) is 8.76. The lowest BCUT2D eigenvalue weighted by Gasteiger charge is -2.25. The van der Waals surface area contributed by atoms with Crippen molar-refractivity contribution in [1.29, 1.82) is 0 Å². The number of allylic oxidation sites excluding steroid dienone is 1. The van der Waals surface area contributed by atoms with Gasteiger partial charge >= 0.3 is 5.97 Å². The van der Waals surface area contributed by atoms with Crippen LogP contribution in [0.25, 0.3) is 17.0 Å². The summed E-state index contributed by atoms with van der Waals surface area (Å²) in [5.41, 5.74) is 1.78. The summed E-state index contributed by atoms with van der Waals surface area (Å²) in [6.45, 7) is 0.917. The van der Waals surface area contributed by atoms with Crippen LogP contribution in [0.2, 0.25) is 0 Å². The first-order chi connectivity index (χ1) is 19.0. The molecular formula is C30H20O9. The molecule has 9 heteroatoms. The number of methoxy groups -OCH3 is 1. The molecule has 3 aliphatic rings. The molecule has 1 atom stereocenters. The van der Waals surface area contributed by atoms with Gasteiger partial charge in [0.1, 0.15) is 36.0 Å². The zero-order valence-corrected chi connectivity index (χ0v) is 20.6. The maximum absolute atomic E-state index is 13.6. The second-order valence-electron chi connectivity index (χ2n) is 9.31. The van der Waals surface area contributed by atoms with Crippen LogP contribution in [0, 0.1) is 0 Å². The molecule has 0 saturated carbocycles. The van der Waals surface area contributed by atoms with Crippen molar-refractivity contribution in [3.05, 3.63) is 93.0 Å². The van der Waals surface area contributed by atoms with Gasteiger partial charge in [-0.3, -0.25) is 14.4 Å². The largest absolute Gasteiger partial charge is 0.497 e. The number of carbonyl (C=O) groups excluding carboxylic acids is 2. The lowest BCUT2D eigenvalue weighted by atomic mass is 9.85. The fraction of sp³-hybridized carbons (Fsp3) is 0.167. The topological polar surface area (TPSA) is 110 Å². The Hall–Kier alpha value is -5.05. The maximum atomic E-state index is 13.6. The van der Waals surface area contributed by atoms with Crippen molar-refractivity contribution in [3.63, 3.8) is 0 Å². The first-order valence-electron chi connectivity index (χ1n) is 12.3. The molecule has 7 rings (SSSR count). The molecule has 194 valence electrons. The van der Waals surface area contributed by atoms with Crippen molar-refractivity contribution in [2.75, 3.05) is 20.3 Å². The molecule has 0 N–H and O–H groups in total. The third kappa shape index (κ3) is 3.73. The van der Waals surface area contributed by atoms with E-state index in [2.05, 4.69) is 0 Å². The van der Waals surface area contributed by atoms with E-state index in [0.29, 0.717) is 58.1 Å². The van der Waals surface area contributed by atoms with Gasteiger partial charge in [0, 0.05) is 17.0 Å². The summed E-state index contributed by atoms with van der Waals surface area (Å²) < 4.78 is 33.8. The average molecular weight is 524 g/mol. The molecule has 1 unspecified atom stereocenters. The molecule has 39 heavy (non-hydrogen) atoms. The standard InChI is InChI=1S/C30H20O9/c1-34-16-3-6-21-19(12-16)28(32)20(14-37-21)18-13-26(31)38-23-7-4-17-29(33)25(39-30(17)27(18)23)11-15-2-5-22-24(10-15)36-9-8-35-22/h2-7,10-12,14,18H,8-9,13H2,1H3. The number of ether oxygens (including phenoxy) is 5. The van der Waals surface area contributed by atoms with E-state index in [1.165, 1.54) is 13.4 Å². The molecule has 9 nitrogen and oxygen atoms in total. The highest BCUT2D eigenvalue weighted by Crippen LogP contribution is 2.48. The van der Waals surface area contributed by atoms with E-state index < -0.39 is 11.9 Å². The van der Waals surface area contributed by atoms with Gasteiger partial charge in [-0.1, -0.05) is 6.07 Å². The zero-order valence-electron chi connectivity index (χ0n) is 20.6. The molecule has 3 aromatic carbocycles. The van der Waals surface area contributed by atoms with Crippen LogP contribution in [-0.4, -0.2) is 32.1 Å². The Kier molecular flexibility index (Phi) is 5.19. The Morgan fingerprint density at radius 3 is 2.56 bits per heavy atom. The predicted octanol–water partition coefficient (Wildman–Crippen LogP) is 4.63. The number of fused-ring (bicyclic) bond motifs is 5. The van der Waals surface area contributed by atoms with Gasteiger partial charge in [-0.15, -0.1) is 0 Å². The van der Waals surface area contributed by atoms with Gasteiger partial charge in [0.15, 0.2) is 22.7 Å². The summed E-state index contributed by atoms with van der Waals surface area (Å²) in [5, 5.41) is 0.316. The van der Waals surface area contributed by atoms with Crippen molar-refractivity contribution in [2.24, 2.45) is 0 Å². The van der Waals surface area contributed by atoms with Gasteiger partial charge in [-0.2, -0.15) is 0 Å². The molecule has 0 saturated heterocycles. The fourth-order valence-electron chi connectivity index (χ4n) is 5.17. The minimum absolute atomic E-state index is 0.0982. The van der Waals surface area contributed by atoms with Crippen LogP contribution < -0.4 is 29.1 Å². The van der Waals surface area contributed by atoms with Gasteiger partial charge in [0.25, 0.3) is 0 Å². The minimum Gasteiger partial charge on any atom is -0.497 e. The van der Waals surface area contributed by atoms with Gasteiger partial charge < -0.3 is 28.1 Å². The van der Waals surface area contributed by atoms with Crippen LogP contribution in [0.5, 0.6) is 28.7 Å².